The van der Waals surface area contributed by atoms with E-state index in [0.29, 0.717) is 5.02 Å². The molecular weight excluding hydrogens is 289 g/mol. The van der Waals surface area contributed by atoms with E-state index in [1.165, 1.54) is 24.0 Å². The Labute approximate surface area is 129 Å². The van der Waals surface area contributed by atoms with E-state index in [9.17, 15) is 0 Å². The first kappa shape index (κ1) is 13.8. The molecular formula is C17H17Cl2N. The molecule has 0 unspecified atom stereocenters. The van der Waals surface area contributed by atoms with Gasteiger partial charge in [0, 0.05) is 11.6 Å². The summed E-state index contributed by atoms with van der Waals surface area (Å²) in [6.45, 7) is 2.72. The minimum Gasteiger partial charge on any atom is -0.380 e. The molecule has 1 aliphatic rings. The van der Waals surface area contributed by atoms with Gasteiger partial charge in [-0.1, -0.05) is 47.5 Å². The summed E-state index contributed by atoms with van der Waals surface area (Å²) in [5.41, 5.74) is 4.62. The van der Waals surface area contributed by atoms with Gasteiger partial charge in [-0.25, -0.2) is 0 Å². The zero-order valence-electron chi connectivity index (χ0n) is 11.4. The van der Waals surface area contributed by atoms with Crippen LogP contribution in [0.15, 0.2) is 36.4 Å². The van der Waals surface area contributed by atoms with Crippen LogP contribution in [0, 0.1) is 6.92 Å². The van der Waals surface area contributed by atoms with Crippen molar-refractivity contribution in [1.82, 2.24) is 0 Å². The largest absolute Gasteiger partial charge is 0.380 e. The smallest absolute Gasteiger partial charge is 0.0641 e. The Balaban J connectivity index is 1.73. The maximum absolute atomic E-state index is 6.24. The van der Waals surface area contributed by atoms with Crippen molar-refractivity contribution in [1.29, 1.82) is 0 Å². The molecule has 1 aliphatic carbocycles. The summed E-state index contributed by atoms with van der Waals surface area (Å²) in [4.78, 5) is 0. The Hall–Kier alpha value is -1.18. The molecule has 20 heavy (non-hydrogen) atoms. The summed E-state index contributed by atoms with van der Waals surface area (Å²) in [5.74, 6) is 0.785. The van der Waals surface area contributed by atoms with Crippen molar-refractivity contribution >= 4 is 28.9 Å². The Morgan fingerprint density at radius 2 is 1.90 bits per heavy atom. The first-order valence-corrected chi connectivity index (χ1v) is 7.67. The maximum atomic E-state index is 6.24. The molecule has 1 fully saturated rings. The number of rotatable bonds is 4. The molecule has 0 spiro atoms. The van der Waals surface area contributed by atoms with Crippen LogP contribution in [0.4, 0.5) is 5.69 Å². The van der Waals surface area contributed by atoms with Gasteiger partial charge in [0.1, 0.15) is 0 Å². The Morgan fingerprint density at radius 3 is 2.65 bits per heavy atom. The van der Waals surface area contributed by atoms with E-state index in [2.05, 4.69) is 29.6 Å². The number of hydrogen-bond acceptors (Lipinski definition) is 1. The maximum Gasteiger partial charge on any atom is 0.0641 e. The fourth-order valence-corrected chi connectivity index (χ4v) is 2.80. The highest BCUT2D eigenvalue weighted by Gasteiger charge is 2.23. The second kappa shape index (κ2) is 5.67. The van der Waals surface area contributed by atoms with Gasteiger partial charge in [0.15, 0.2) is 0 Å². The highest BCUT2D eigenvalue weighted by molar-refractivity contribution is 6.35. The van der Waals surface area contributed by atoms with E-state index < -0.39 is 0 Å². The predicted molar refractivity (Wildman–Crippen MR) is 86.9 cm³/mol. The van der Waals surface area contributed by atoms with Crippen molar-refractivity contribution in [3.05, 3.63) is 63.1 Å². The van der Waals surface area contributed by atoms with E-state index in [1.54, 1.807) is 0 Å². The molecule has 104 valence electrons. The minimum absolute atomic E-state index is 0.713. The topological polar surface area (TPSA) is 12.0 Å². The quantitative estimate of drug-likeness (QED) is 0.753. The van der Waals surface area contributed by atoms with Crippen LogP contribution < -0.4 is 5.32 Å². The lowest BCUT2D eigenvalue weighted by molar-refractivity contribution is 1.08. The molecule has 0 bridgehead atoms. The molecule has 1 N–H and O–H groups in total. The minimum atomic E-state index is 0.713. The average Bonchev–Trinajstić information content (AvgIpc) is 3.26. The van der Waals surface area contributed by atoms with Gasteiger partial charge in [-0.2, -0.15) is 0 Å². The molecule has 0 amide bonds. The molecule has 0 aliphatic heterocycles. The van der Waals surface area contributed by atoms with Gasteiger partial charge in [-0.05, 0) is 54.5 Å². The van der Waals surface area contributed by atoms with Gasteiger partial charge < -0.3 is 5.32 Å². The van der Waals surface area contributed by atoms with Crippen molar-refractivity contribution in [3.63, 3.8) is 0 Å². The summed E-state index contributed by atoms with van der Waals surface area (Å²) < 4.78 is 0. The molecule has 3 heteroatoms. The fraction of sp³-hybridized carbons (Fsp3) is 0.294. The number of anilines is 1. The zero-order chi connectivity index (χ0) is 14.1. The van der Waals surface area contributed by atoms with Gasteiger partial charge in [0.25, 0.3) is 0 Å². The van der Waals surface area contributed by atoms with E-state index >= 15 is 0 Å². The number of nitrogens with one attached hydrogen (secondary N) is 1. The molecule has 1 saturated carbocycles. The zero-order valence-corrected chi connectivity index (χ0v) is 12.9. The number of halogens is 2. The third-order valence-electron chi connectivity index (χ3n) is 3.73. The van der Waals surface area contributed by atoms with Gasteiger partial charge in [0.05, 0.1) is 10.7 Å². The predicted octanol–water partition coefficient (Wildman–Crippen LogP) is 5.79. The van der Waals surface area contributed by atoms with Gasteiger partial charge >= 0.3 is 0 Å². The van der Waals surface area contributed by atoms with Gasteiger partial charge in [0.2, 0.25) is 0 Å². The van der Waals surface area contributed by atoms with Crippen LogP contribution in [0.3, 0.4) is 0 Å². The van der Waals surface area contributed by atoms with Crippen LogP contribution in [0.2, 0.25) is 10.0 Å². The van der Waals surface area contributed by atoms with E-state index in [4.69, 9.17) is 23.2 Å². The summed E-state index contributed by atoms with van der Waals surface area (Å²) in [6, 6.07) is 12.6. The highest BCUT2D eigenvalue weighted by Crippen LogP contribution is 2.40. The van der Waals surface area contributed by atoms with Crippen LogP contribution in [0.1, 0.15) is 35.4 Å². The fourth-order valence-electron chi connectivity index (χ4n) is 2.35. The lowest BCUT2D eigenvalue weighted by Crippen LogP contribution is -2.01. The van der Waals surface area contributed by atoms with Crippen molar-refractivity contribution < 1.29 is 0 Å². The summed E-state index contributed by atoms with van der Waals surface area (Å²) in [5, 5.41) is 4.82. The van der Waals surface area contributed by atoms with Crippen LogP contribution in [-0.2, 0) is 6.54 Å². The van der Waals surface area contributed by atoms with Crippen molar-refractivity contribution in [3.8, 4) is 0 Å². The van der Waals surface area contributed by atoms with Gasteiger partial charge in [-0.15, -0.1) is 0 Å². The number of benzene rings is 2. The SMILES string of the molecule is Cc1cc(Cl)c(NCc2cccc(C3CC3)c2)cc1Cl. The third-order valence-corrected chi connectivity index (χ3v) is 4.45. The Morgan fingerprint density at radius 1 is 1.10 bits per heavy atom. The first-order valence-electron chi connectivity index (χ1n) is 6.92. The molecule has 0 aromatic heterocycles. The molecule has 3 rings (SSSR count). The Kier molecular flexibility index (Phi) is 3.91. The third kappa shape index (κ3) is 3.11. The normalized spacial score (nSPS) is 14.3. The standard InChI is InChI=1S/C17H17Cl2N/c1-11-7-16(19)17(9-15(11)18)20-10-12-3-2-4-14(8-12)13-5-6-13/h2-4,7-9,13,20H,5-6,10H2,1H3. The van der Waals surface area contributed by atoms with E-state index in [-0.39, 0.29) is 0 Å². The molecule has 0 radical (unpaired) electrons. The molecule has 0 saturated heterocycles. The molecule has 0 heterocycles. The molecule has 2 aromatic rings. The summed E-state index contributed by atoms with van der Waals surface area (Å²) in [7, 11) is 0. The van der Waals surface area contributed by atoms with E-state index in [1.807, 2.05) is 19.1 Å². The number of aryl methyl sites for hydroxylation is 1. The van der Waals surface area contributed by atoms with Crippen molar-refractivity contribution in [2.45, 2.75) is 32.2 Å². The van der Waals surface area contributed by atoms with Gasteiger partial charge in [-0.3, -0.25) is 0 Å². The van der Waals surface area contributed by atoms with Crippen LogP contribution in [0.25, 0.3) is 0 Å². The van der Waals surface area contributed by atoms with Crippen LogP contribution in [-0.4, -0.2) is 0 Å². The average molecular weight is 306 g/mol. The summed E-state index contributed by atoms with van der Waals surface area (Å²) >= 11 is 12.4. The van der Waals surface area contributed by atoms with Crippen molar-refractivity contribution in [2.75, 3.05) is 5.32 Å². The van der Waals surface area contributed by atoms with Crippen LogP contribution >= 0.6 is 23.2 Å². The second-order valence-corrected chi connectivity index (χ2v) is 6.27. The lowest BCUT2D eigenvalue weighted by Gasteiger charge is -2.11. The molecule has 2 aromatic carbocycles. The first-order chi connectivity index (χ1) is 9.63. The van der Waals surface area contributed by atoms with Crippen molar-refractivity contribution in [2.24, 2.45) is 0 Å². The monoisotopic (exact) mass is 305 g/mol. The van der Waals surface area contributed by atoms with E-state index in [0.717, 1.165) is 28.7 Å². The lowest BCUT2D eigenvalue weighted by atomic mass is 10.1. The van der Waals surface area contributed by atoms with Crippen LogP contribution in [0.5, 0.6) is 0 Å². The molecule has 1 nitrogen and oxygen atoms in total. The highest BCUT2D eigenvalue weighted by atomic mass is 35.5. The Bertz CT molecular complexity index is 633. The second-order valence-electron chi connectivity index (χ2n) is 5.45. The summed E-state index contributed by atoms with van der Waals surface area (Å²) in [6.07, 6.45) is 2.66. The molecule has 0 atom stereocenters. The number of hydrogen-bond donors (Lipinski definition) is 1.